The van der Waals surface area contributed by atoms with Gasteiger partial charge in [-0.25, -0.2) is 4.39 Å². The quantitative estimate of drug-likeness (QED) is 0.654. The molecule has 1 aromatic rings. The van der Waals surface area contributed by atoms with Gasteiger partial charge in [-0.2, -0.15) is 0 Å². The predicted molar refractivity (Wildman–Crippen MR) is 69.8 cm³/mol. The van der Waals surface area contributed by atoms with E-state index in [-0.39, 0.29) is 23.3 Å². The van der Waals surface area contributed by atoms with Crippen LogP contribution in [-0.2, 0) is 11.2 Å². The Kier molecular flexibility index (Phi) is 4.56. The summed E-state index contributed by atoms with van der Waals surface area (Å²) in [5, 5.41) is 0.143. The lowest BCUT2D eigenvalue weighted by Gasteiger charge is -2.23. The van der Waals surface area contributed by atoms with Gasteiger partial charge in [-0.05, 0) is 43.9 Å². The van der Waals surface area contributed by atoms with Crippen molar-refractivity contribution in [3.8, 4) is 0 Å². The van der Waals surface area contributed by atoms with Crippen LogP contribution in [0.5, 0.6) is 0 Å². The minimum Gasteiger partial charge on any atom is -0.374 e. The Bertz CT molecular complexity index is 416. The number of benzene rings is 1. The van der Waals surface area contributed by atoms with Crippen LogP contribution in [0, 0.1) is 5.82 Å². The lowest BCUT2D eigenvalue weighted by atomic mass is 10.00. The summed E-state index contributed by atoms with van der Waals surface area (Å²) in [7, 11) is 0. The highest BCUT2D eigenvalue weighted by Gasteiger charge is 2.29. The molecule has 2 rings (SSSR count). The van der Waals surface area contributed by atoms with Crippen molar-refractivity contribution in [1.82, 2.24) is 5.43 Å². The molecule has 0 aromatic heterocycles. The van der Waals surface area contributed by atoms with Gasteiger partial charge in [0.1, 0.15) is 5.82 Å². The number of hydrogen-bond donors (Lipinski definition) is 2. The average molecular weight is 273 g/mol. The van der Waals surface area contributed by atoms with E-state index in [0.717, 1.165) is 18.4 Å². The molecular weight excluding hydrogens is 255 g/mol. The zero-order valence-electron chi connectivity index (χ0n) is 10.3. The predicted octanol–water partition coefficient (Wildman–Crippen LogP) is 2.42. The van der Waals surface area contributed by atoms with Gasteiger partial charge in [-0.3, -0.25) is 11.3 Å². The van der Waals surface area contributed by atoms with Crippen LogP contribution in [0.25, 0.3) is 0 Å². The van der Waals surface area contributed by atoms with Crippen molar-refractivity contribution in [3.63, 3.8) is 0 Å². The number of nitrogens with one attached hydrogen (secondary N) is 1. The molecule has 0 aliphatic carbocycles. The fourth-order valence-corrected chi connectivity index (χ4v) is 2.55. The Hall–Kier alpha value is -0.680. The van der Waals surface area contributed by atoms with Crippen LogP contribution >= 0.6 is 11.6 Å². The Morgan fingerprint density at radius 3 is 2.89 bits per heavy atom. The third kappa shape index (κ3) is 3.20. The van der Waals surface area contributed by atoms with Crippen LogP contribution in [0.4, 0.5) is 4.39 Å². The van der Waals surface area contributed by atoms with Crippen LogP contribution in [0.15, 0.2) is 18.2 Å². The number of nitrogens with two attached hydrogens (primary N) is 1. The standard InChI is InChI=1S/C13H18ClFN2O/c1-8-2-5-13(18-8)12(17-16)7-9-3-4-11(15)10(14)6-9/h3-4,6,8,12-13,17H,2,5,7,16H2,1H3. The van der Waals surface area contributed by atoms with Gasteiger partial charge in [0.2, 0.25) is 0 Å². The fourth-order valence-electron chi connectivity index (χ4n) is 2.35. The second kappa shape index (κ2) is 5.97. The number of rotatable bonds is 4. The summed E-state index contributed by atoms with van der Waals surface area (Å²) in [5.41, 5.74) is 3.74. The monoisotopic (exact) mass is 272 g/mol. The maximum atomic E-state index is 13.1. The van der Waals surface area contributed by atoms with Crippen molar-refractivity contribution < 1.29 is 9.13 Å². The van der Waals surface area contributed by atoms with E-state index in [1.807, 2.05) is 0 Å². The normalized spacial score (nSPS) is 25.3. The summed E-state index contributed by atoms with van der Waals surface area (Å²) in [6, 6.07) is 4.77. The van der Waals surface area contributed by atoms with E-state index in [4.69, 9.17) is 22.2 Å². The fraction of sp³-hybridized carbons (Fsp3) is 0.538. The van der Waals surface area contributed by atoms with Crippen molar-refractivity contribution in [2.45, 2.75) is 44.4 Å². The molecule has 5 heteroatoms. The second-order valence-electron chi connectivity index (χ2n) is 4.79. The van der Waals surface area contributed by atoms with Gasteiger partial charge in [-0.1, -0.05) is 17.7 Å². The third-order valence-corrected chi connectivity index (χ3v) is 3.66. The molecule has 1 aromatic carbocycles. The Balaban J connectivity index is 2.03. The molecule has 100 valence electrons. The van der Waals surface area contributed by atoms with Gasteiger partial charge in [0, 0.05) is 0 Å². The van der Waals surface area contributed by atoms with Gasteiger partial charge in [-0.15, -0.1) is 0 Å². The van der Waals surface area contributed by atoms with Gasteiger partial charge in [0.25, 0.3) is 0 Å². The van der Waals surface area contributed by atoms with E-state index in [9.17, 15) is 4.39 Å². The number of ether oxygens (including phenoxy) is 1. The summed E-state index contributed by atoms with van der Waals surface area (Å²) in [4.78, 5) is 0. The lowest BCUT2D eigenvalue weighted by molar-refractivity contribution is 0.0320. The molecule has 1 saturated heterocycles. The molecule has 18 heavy (non-hydrogen) atoms. The Labute approximate surface area is 111 Å². The molecule has 3 atom stereocenters. The first-order valence-corrected chi connectivity index (χ1v) is 6.53. The van der Waals surface area contributed by atoms with Crippen molar-refractivity contribution in [2.75, 3.05) is 0 Å². The third-order valence-electron chi connectivity index (χ3n) is 3.37. The minimum atomic E-state index is -0.400. The molecule has 0 amide bonds. The van der Waals surface area contributed by atoms with Crippen molar-refractivity contribution in [2.24, 2.45) is 5.84 Å². The van der Waals surface area contributed by atoms with E-state index < -0.39 is 5.82 Å². The first kappa shape index (κ1) is 13.7. The van der Waals surface area contributed by atoms with Crippen LogP contribution in [-0.4, -0.2) is 18.2 Å². The molecule has 0 saturated carbocycles. The van der Waals surface area contributed by atoms with E-state index in [1.165, 1.54) is 6.07 Å². The largest absolute Gasteiger partial charge is 0.374 e. The van der Waals surface area contributed by atoms with Gasteiger partial charge >= 0.3 is 0 Å². The minimum absolute atomic E-state index is 0.0245. The number of hydrazine groups is 1. The summed E-state index contributed by atoms with van der Waals surface area (Å²) >= 11 is 5.77. The highest BCUT2D eigenvalue weighted by Crippen LogP contribution is 2.24. The maximum absolute atomic E-state index is 13.1. The van der Waals surface area contributed by atoms with Crippen LogP contribution in [0.1, 0.15) is 25.3 Å². The van der Waals surface area contributed by atoms with E-state index >= 15 is 0 Å². The molecular formula is C13H18ClFN2O. The first-order chi connectivity index (χ1) is 8.60. The molecule has 0 bridgehead atoms. The van der Waals surface area contributed by atoms with E-state index in [0.29, 0.717) is 6.42 Å². The second-order valence-corrected chi connectivity index (χ2v) is 5.20. The molecule has 1 heterocycles. The van der Waals surface area contributed by atoms with Gasteiger partial charge in [0.05, 0.1) is 23.3 Å². The topological polar surface area (TPSA) is 47.3 Å². The van der Waals surface area contributed by atoms with Gasteiger partial charge < -0.3 is 4.74 Å². The van der Waals surface area contributed by atoms with Crippen molar-refractivity contribution in [3.05, 3.63) is 34.6 Å². The number of hydrogen-bond acceptors (Lipinski definition) is 3. The van der Waals surface area contributed by atoms with Crippen LogP contribution in [0.2, 0.25) is 5.02 Å². The first-order valence-electron chi connectivity index (χ1n) is 6.15. The molecule has 1 aliphatic heterocycles. The highest BCUT2D eigenvalue weighted by atomic mass is 35.5. The molecule has 0 spiro atoms. The van der Waals surface area contributed by atoms with Crippen LogP contribution < -0.4 is 11.3 Å². The molecule has 3 unspecified atom stereocenters. The zero-order valence-corrected chi connectivity index (χ0v) is 11.1. The summed E-state index contributed by atoms with van der Waals surface area (Å²) < 4.78 is 18.9. The van der Waals surface area contributed by atoms with Crippen molar-refractivity contribution in [1.29, 1.82) is 0 Å². The van der Waals surface area contributed by atoms with E-state index in [1.54, 1.807) is 12.1 Å². The van der Waals surface area contributed by atoms with E-state index in [2.05, 4.69) is 12.3 Å². The van der Waals surface area contributed by atoms with Crippen LogP contribution in [0.3, 0.4) is 0 Å². The Morgan fingerprint density at radius 1 is 1.56 bits per heavy atom. The molecule has 1 fully saturated rings. The summed E-state index contributed by atoms with van der Waals surface area (Å²) in [6.07, 6.45) is 3.10. The number of halogens is 2. The maximum Gasteiger partial charge on any atom is 0.141 e. The molecule has 0 radical (unpaired) electrons. The van der Waals surface area contributed by atoms with Crippen molar-refractivity contribution >= 4 is 11.6 Å². The zero-order chi connectivity index (χ0) is 13.1. The lowest BCUT2D eigenvalue weighted by Crippen LogP contribution is -2.45. The summed E-state index contributed by atoms with van der Waals surface area (Å²) in [6.45, 7) is 2.06. The summed E-state index contributed by atoms with van der Waals surface area (Å²) in [5.74, 6) is 5.18. The van der Waals surface area contributed by atoms with Gasteiger partial charge in [0.15, 0.2) is 0 Å². The average Bonchev–Trinajstić information content (AvgIpc) is 2.77. The highest BCUT2D eigenvalue weighted by molar-refractivity contribution is 6.30. The Morgan fingerprint density at radius 2 is 2.33 bits per heavy atom. The molecule has 1 aliphatic rings. The molecule has 3 nitrogen and oxygen atoms in total. The SMILES string of the molecule is CC1CCC(C(Cc2ccc(F)c(Cl)c2)NN)O1. The smallest absolute Gasteiger partial charge is 0.141 e. The molecule has 3 N–H and O–H groups in total.